The van der Waals surface area contributed by atoms with Crippen LogP contribution in [0.15, 0.2) is 12.7 Å². The van der Waals surface area contributed by atoms with Gasteiger partial charge in [-0.2, -0.15) is 5.10 Å². The quantitative estimate of drug-likeness (QED) is 0.765. The highest BCUT2D eigenvalue weighted by molar-refractivity contribution is 7.88. The third-order valence-corrected chi connectivity index (χ3v) is 3.71. The number of nitrogens with one attached hydrogen (secondary N) is 1. The highest BCUT2D eigenvalue weighted by atomic mass is 32.2. The van der Waals surface area contributed by atoms with Gasteiger partial charge in [0.15, 0.2) is 0 Å². The summed E-state index contributed by atoms with van der Waals surface area (Å²) < 4.78 is 25.9. The van der Waals surface area contributed by atoms with Crippen LogP contribution in [0.25, 0.3) is 0 Å². The van der Waals surface area contributed by atoms with E-state index in [1.54, 1.807) is 15.9 Å². The Morgan fingerprint density at radius 2 is 2.32 bits per heavy atom. The summed E-state index contributed by atoms with van der Waals surface area (Å²) >= 11 is 0. The number of amides is 1. The van der Waals surface area contributed by atoms with Crippen molar-refractivity contribution in [3.8, 4) is 0 Å². The number of nitrogens with zero attached hydrogens (tertiary/aromatic N) is 4. The molecule has 8 nitrogen and oxygen atoms in total. The number of piperidine rings is 1. The number of carbonyl (C=O) groups is 1. The lowest BCUT2D eigenvalue weighted by Gasteiger charge is -2.32. The van der Waals surface area contributed by atoms with Gasteiger partial charge in [-0.05, 0) is 12.8 Å². The predicted molar refractivity (Wildman–Crippen MR) is 67.7 cm³/mol. The molecule has 9 heteroatoms. The van der Waals surface area contributed by atoms with Gasteiger partial charge in [-0.15, -0.1) is 0 Å². The maximum atomic E-state index is 11.9. The molecule has 0 aliphatic carbocycles. The lowest BCUT2D eigenvalue weighted by molar-refractivity contribution is -0.131. The Morgan fingerprint density at radius 1 is 1.53 bits per heavy atom. The summed E-state index contributed by atoms with van der Waals surface area (Å²) in [6.07, 6.45) is 5.94. The largest absolute Gasteiger partial charge is 0.339 e. The minimum atomic E-state index is -3.34. The summed E-state index contributed by atoms with van der Waals surface area (Å²) in [5, 5.41) is 4.08. The van der Waals surface area contributed by atoms with Crippen molar-refractivity contribution in [2.45, 2.75) is 18.9 Å². The van der Waals surface area contributed by atoms with Gasteiger partial charge in [-0.25, -0.2) is 22.8 Å². The van der Waals surface area contributed by atoms with Crippen LogP contribution in [0.4, 0.5) is 0 Å². The van der Waals surface area contributed by atoms with Gasteiger partial charge in [-0.3, -0.25) is 4.79 Å². The number of rotatable bonds is 4. The Bertz CT molecular complexity index is 527. The Labute approximate surface area is 111 Å². The molecule has 1 fully saturated rings. The Hall–Kier alpha value is -1.48. The average Bonchev–Trinajstić information content (AvgIpc) is 2.89. The van der Waals surface area contributed by atoms with Crippen molar-refractivity contribution in [2.24, 2.45) is 0 Å². The molecule has 1 aliphatic rings. The molecule has 106 valence electrons. The molecule has 0 radical (unpaired) electrons. The Morgan fingerprint density at radius 3 is 2.95 bits per heavy atom. The molecule has 2 rings (SSSR count). The molecule has 0 spiro atoms. The predicted octanol–water partition coefficient (Wildman–Crippen LogP) is -1.01. The van der Waals surface area contributed by atoms with Crippen molar-refractivity contribution in [2.75, 3.05) is 25.9 Å². The highest BCUT2D eigenvalue weighted by Gasteiger charge is 2.25. The van der Waals surface area contributed by atoms with Crippen LogP contribution in [0.5, 0.6) is 0 Å². The van der Waals surface area contributed by atoms with Crippen molar-refractivity contribution in [3.05, 3.63) is 12.7 Å². The molecular weight excluding hydrogens is 270 g/mol. The lowest BCUT2D eigenvalue weighted by atomic mass is 10.1. The van der Waals surface area contributed by atoms with E-state index in [9.17, 15) is 13.2 Å². The number of sulfonamides is 1. The van der Waals surface area contributed by atoms with Crippen LogP contribution in [0.2, 0.25) is 0 Å². The first-order chi connectivity index (χ1) is 8.96. The van der Waals surface area contributed by atoms with Gasteiger partial charge < -0.3 is 4.90 Å². The fourth-order valence-electron chi connectivity index (χ4n) is 2.11. The van der Waals surface area contributed by atoms with Crippen LogP contribution < -0.4 is 4.72 Å². The van der Waals surface area contributed by atoms with Crippen LogP contribution >= 0.6 is 0 Å². The zero-order valence-electron chi connectivity index (χ0n) is 10.7. The van der Waals surface area contributed by atoms with E-state index in [0.29, 0.717) is 13.1 Å². The fourth-order valence-corrected chi connectivity index (χ4v) is 2.49. The van der Waals surface area contributed by atoms with E-state index in [-0.39, 0.29) is 18.5 Å². The first-order valence-electron chi connectivity index (χ1n) is 6.02. The van der Waals surface area contributed by atoms with Crippen molar-refractivity contribution in [1.82, 2.24) is 24.4 Å². The summed E-state index contributed by atoms with van der Waals surface area (Å²) in [5.41, 5.74) is 0. The Balaban J connectivity index is 1.92. The SMILES string of the molecule is CS(=O)(=O)NCC(=O)N1CCC[C@@H](n2cncn2)C1. The van der Waals surface area contributed by atoms with Gasteiger partial charge in [0.05, 0.1) is 18.8 Å². The highest BCUT2D eigenvalue weighted by Crippen LogP contribution is 2.19. The number of carbonyl (C=O) groups excluding carboxylic acids is 1. The van der Waals surface area contributed by atoms with E-state index in [1.165, 1.54) is 6.33 Å². The van der Waals surface area contributed by atoms with E-state index in [4.69, 9.17) is 0 Å². The zero-order chi connectivity index (χ0) is 13.9. The van der Waals surface area contributed by atoms with E-state index in [1.807, 2.05) is 0 Å². The van der Waals surface area contributed by atoms with E-state index in [0.717, 1.165) is 19.1 Å². The van der Waals surface area contributed by atoms with Crippen LogP contribution in [0.1, 0.15) is 18.9 Å². The number of likely N-dealkylation sites (tertiary alicyclic amines) is 1. The molecule has 0 bridgehead atoms. The molecule has 1 aromatic heterocycles. The zero-order valence-corrected chi connectivity index (χ0v) is 11.5. The van der Waals surface area contributed by atoms with Crippen LogP contribution in [0.3, 0.4) is 0 Å². The smallest absolute Gasteiger partial charge is 0.237 e. The molecule has 1 aliphatic heterocycles. The van der Waals surface area contributed by atoms with Crippen molar-refractivity contribution in [3.63, 3.8) is 0 Å². The first-order valence-corrected chi connectivity index (χ1v) is 7.91. The van der Waals surface area contributed by atoms with Crippen LogP contribution in [-0.2, 0) is 14.8 Å². The molecular formula is C10H17N5O3S. The van der Waals surface area contributed by atoms with Crippen molar-refractivity contribution in [1.29, 1.82) is 0 Å². The molecule has 0 saturated carbocycles. The molecule has 1 N–H and O–H groups in total. The second kappa shape index (κ2) is 5.66. The fraction of sp³-hybridized carbons (Fsp3) is 0.700. The molecule has 1 saturated heterocycles. The number of aromatic nitrogens is 3. The molecule has 2 heterocycles. The van der Waals surface area contributed by atoms with E-state index in [2.05, 4.69) is 14.8 Å². The van der Waals surface area contributed by atoms with Crippen LogP contribution in [0, 0.1) is 0 Å². The third-order valence-electron chi connectivity index (χ3n) is 3.05. The lowest BCUT2D eigenvalue weighted by Crippen LogP contribution is -2.45. The molecule has 19 heavy (non-hydrogen) atoms. The van der Waals surface area contributed by atoms with Crippen LogP contribution in [-0.4, -0.2) is 59.9 Å². The molecule has 1 amide bonds. The molecule has 1 aromatic rings. The summed E-state index contributed by atoms with van der Waals surface area (Å²) in [6.45, 7) is 0.992. The Kier molecular flexibility index (Phi) is 4.15. The monoisotopic (exact) mass is 287 g/mol. The normalized spacial score (nSPS) is 20.5. The number of hydrogen-bond acceptors (Lipinski definition) is 5. The summed E-state index contributed by atoms with van der Waals surface area (Å²) in [5.74, 6) is -0.213. The topological polar surface area (TPSA) is 97.2 Å². The molecule has 0 unspecified atom stereocenters. The minimum Gasteiger partial charge on any atom is -0.339 e. The van der Waals surface area contributed by atoms with Gasteiger partial charge in [0.25, 0.3) is 0 Å². The van der Waals surface area contributed by atoms with Gasteiger partial charge >= 0.3 is 0 Å². The van der Waals surface area contributed by atoms with Crippen molar-refractivity contribution >= 4 is 15.9 Å². The standard InChI is InChI=1S/C10H17N5O3S/c1-19(17,18)13-5-10(16)14-4-2-3-9(6-14)15-8-11-7-12-15/h7-9,13H,2-6H2,1H3/t9-/m1/s1. The summed E-state index contributed by atoms with van der Waals surface area (Å²) in [4.78, 5) is 17.5. The third kappa shape index (κ3) is 4.00. The van der Waals surface area contributed by atoms with E-state index >= 15 is 0 Å². The number of hydrogen-bond donors (Lipinski definition) is 1. The minimum absolute atomic E-state index is 0.110. The molecule has 0 aromatic carbocycles. The van der Waals surface area contributed by atoms with Gasteiger partial charge in [-0.1, -0.05) is 0 Å². The van der Waals surface area contributed by atoms with Gasteiger partial charge in [0.1, 0.15) is 12.7 Å². The second-order valence-electron chi connectivity index (χ2n) is 4.60. The van der Waals surface area contributed by atoms with Gasteiger partial charge in [0, 0.05) is 13.1 Å². The first kappa shape index (κ1) is 13.9. The van der Waals surface area contributed by atoms with E-state index < -0.39 is 10.0 Å². The average molecular weight is 287 g/mol. The summed E-state index contributed by atoms with van der Waals surface area (Å²) in [6, 6.07) is 0.110. The maximum absolute atomic E-state index is 11.9. The molecule has 1 atom stereocenters. The maximum Gasteiger partial charge on any atom is 0.237 e. The summed E-state index contributed by atoms with van der Waals surface area (Å²) in [7, 11) is -3.34. The second-order valence-corrected chi connectivity index (χ2v) is 6.44. The van der Waals surface area contributed by atoms with Gasteiger partial charge in [0.2, 0.25) is 15.9 Å². The van der Waals surface area contributed by atoms with Crippen molar-refractivity contribution < 1.29 is 13.2 Å².